The SMILES string of the molecule is Cc1ccc(-n2nc(C(=O)OCC(=O)c3ccc(Cl)cc3)nc2-c2cccc(Cl)c2)cc1. The Bertz CT molecular complexity index is 1280. The molecule has 0 N–H and O–H groups in total. The molecule has 4 rings (SSSR count). The summed E-state index contributed by atoms with van der Waals surface area (Å²) in [5.41, 5.74) is 2.87. The van der Waals surface area contributed by atoms with Crippen molar-refractivity contribution in [3.8, 4) is 17.1 Å². The predicted octanol–water partition coefficient (Wildman–Crippen LogP) is 5.59. The normalized spacial score (nSPS) is 10.7. The molecule has 0 spiro atoms. The number of halogens is 2. The zero-order valence-electron chi connectivity index (χ0n) is 17.0. The summed E-state index contributed by atoms with van der Waals surface area (Å²) in [5, 5.41) is 5.38. The van der Waals surface area contributed by atoms with E-state index in [1.165, 1.54) is 0 Å². The molecule has 32 heavy (non-hydrogen) atoms. The van der Waals surface area contributed by atoms with Crippen molar-refractivity contribution in [3.05, 3.63) is 99.8 Å². The molecular formula is C24H17Cl2N3O3. The molecule has 0 amide bonds. The molecule has 1 heterocycles. The van der Waals surface area contributed by atoms with Crippen molar-refractivity contribution in [2.45, 2.75) is 6.92 Å². The highest BCUT2D eigenvalue weighted by Crippen LogP contribution is 2.24. The third kappa shape index (κ3) is 4.88. The molecule has 0 saturated heterocycles. The standard InChI is InChI=1S/C24H17Cl2N3O3/c1-15-5-11-20(12-6-15)29-23(17-3-2-4-19(26)13-17)27-22(28-29)24(31)32-14-21(30)16-7-9-18(25)10-8-16/h2-13H,14H2,1H3. The average Bonchev–Trinajstić information content (AvgIpc) is 3.24. The molecule has 0 fully saturated rings. The first kappa shape index (κ1) is 21.7. The van der Waals surface area contributed by atoms with E-state index in [4.69, 9.17) is 27.9 Å². The van der Waals surface area contributed by atoms with Gasteiger partial charge in [-0.2, -0.15) is 0 Å². The molecule has 0 unspecified atom stereocenters. The summed E-state index contributed by atoms with van der Waals surface area (Å²) in [6.45, 7) is 1.54. The van der Waals surface area contributed by atoms with Gasteiger partial charge in [0.2, 0.25) is 0 Å². The van der Waals surface area contributed by atoms with Crippen LogP contribution in [0.3, 0.4) is 0 Å². The molecule has 4 aromatic rings. The summed E-state index contributed by atoms with van der Waals surface area (Å²) in [6.07, 6.45) is 0. The summed E-state index contributed by atoms with van der Waals surface area (Å²) in [7, 11) is 0. The molecule has 0 saturated carbocycles. The highest BCUT2D eigenvalue weighted by Gasteiger charge is 2.21. The summed E-state index contributed by atoms with van der Waals surface area (Å²) in [6, 6.07) is 21.0. The molecule has 0 radical (unpaired) electrons. The van der Waals surface area contributed by atoms with Gasteiger partial charge in [-0.3, -0.25) is 4.79 Å². The van der Waals surface area contributed by atoms with E-state index in [1.807, 2.05) is 37.3 Å². The highest BCUT2D eigenvalue weighted by molar-refractivity contribution is 6.31. The number of hydrogen-bond acceptors (Lipinski definition) is 5. The number of esters is 1. The van der Waals surface area contributed by atoms with Gasteiger partial charge in [0.05, 0.1) is 5.69 Å². The second kappa shape index (κ2) is 9.34. The number of benzene rings is 3. The average molecular weight is 466 g/mol. The topological polar surface area (TPSA) is 74.1 Å². The number of nitrogens with zero attached hydrogens (tertiary/aromatic N) is 3. The van der Waals surface area contributed by atoms with E-state index in [0.29, 0.717) is 27.0 Å². The second-order valence-electron chi connectivity index (χ2n) is 7.02. The number of carbonyl (C=O) groups is 2. The predicted molar refractivity (Wildman–Crippen MR) is 123 cm³/mol. The minimum atomic E-state index is -0.804. The lowest BCUT2D eigenvalue weighted by molar-refractivity contribution is 0.0462. The van der Waals surface area contributed by atoms with Gasteiger partial charge in [0, 0.05) is 21.2 Å². The van der Waals surface area contributed by atoms with Crippen molar-refractivity contribution in [2.24, 2.45) is 0 Å². The Morgan fingerprint density at radius 3 is 2.34 bits per heavy atom. The maximum absolute atomic E-state index is 12.6. The Labute approximate surface area is 194 Å². The van der Waals surface area contributed by atoms with Crippen LogP contribution in [0.4, 0.5) is 0 Å². The van der Waals surface area contributed by atoms with Crippen molar-refractivity contribution in [3.63, 3.8) is 0 Å². The monoisotopic (exact) mass is 465 g/mol. The minimum Gasteiger partial charge on any atom is -0.451 e. The third-order valence-electron chi connectivity index (χ3n) is 4.65. The van der Waals surface area contributed by atoms with Crippen LogP contribution in [-0.2, 0) is 4.74 Å². The Balaban J connectivity index is 1.61. The van der Waals surface area contributed by atoms with Crippen LogP contribution in [0.15, 0.2) is 72.8 Å². The largest absolute Gasteiger partial charge is 0.451 e. The number of rotatable bonds is 6. The van der Waals surface area contributed by atoms with E-state index < -0.39 is 12.6 Å². The first-order chi connectivity index (χ1) is 15.4. The smallest absolute Gasteiger partial charge is 0.378 e. The molecule has 1 aromatic heterocycles. The van der Waals surface area contributed by atoms with Crippen molar-refractivity contribution in [2.75, 3.05) is 6.61 Å². The van der Waals surface area contributed by atoms with Crippen molar-refractivity contribution < 1.29 is 14.3 Å². The Kier molecular flexibility index (Phi) is 6.35. The van der Waals surface area contributed by atoms with Gasteiger partial charge < -0.3 is 4.74 Å². The fraction of sp³-hybridized carbons (Fsp3) is 0.0833. The summed E-state index contributed by atoms with van der Waals surface area (Å²) >= 11 is 12.0. The van der Waals surface area contributed by atoms with Gasteiger partial charge in [-0.25, -0.2) is 14.5 Å². The molecule has 0 atom stereocenters. The molecule has 0 aliphatic rings. The maximum Gasteiger partial charge on any atom is 0.378 e. The first-order valence-corrected chi connectivity index (χ1v) is 10.4. The number of aromatic nitrogens is 3. The Hall–Kier alpha value is -3.48. The van der Waals surface area contributed by atoms with Crippen molar-refractivity contribution in [1.29, 1.82) is 0 Å². The Morgan fingerprint density at radius 2 is 1.66 bits per heavy atom. The molecule has 3 aromatic carbocycles. The van der Waals surface area contributed by atoms with E-state index in [9.17, 15) is 9.59 Å². The van der Waals surface area contributed by atoms with Gasteiger partial charge in [-0.1, -0.05) is 53.0 Å². The number of aryl methyl sites for hydroxylation is 1. The maximum atomic E-state index is 12.6. The van der Waals surface area contributed by atoms with Crippen LogP contribution >= 0.6 is 23.2 Å². The van der Waals surface area contributed by atoms with Crippen molar-refractivity contribution >= 4 is 35.0 Å². The van der Waals surface area contributed by atoms with Gasteiger partial charge in [-0.05, 0) is 55.5 Å². The Morgan fingerprint density at radius 1 is 0.938 bits per heavy atom. The number of ketones is 1. The van der Waals surface area contributed by atoms with Gasteiger partial charge >= 0.3 is 5.97 Å². The van der Waals surface area contributed by atoms with Gasteiger partial charge in [0.1, 0.15) is 0 Å². The quantitative estimate of drug-likeness (QED) is 0.274. The molecule has 0 aliphatic carbocycles. The number of Topliss-reactive ketones (excluding diaryl/α,β-unsaturated/α-hetero) is 1. The summed E-state index contributed by atoms with van der Waals surface area (Å²) < 4.78 is 6.72. The van der Waals surface area contributed by atoms with E-state index in [0.717, 1.165) is 11.3 Å². The summed E-state index contributed by atoms with van der Waals surface area (Å²) in [5.74, 6) is -0.902. The molecule has 6 nitrogen and oxygen atoms in total. The number of hydrogen-bond donors (Lipinski definition) is 0. The number of ether oxygens (including phenoxy) is 1. The molecule has 0 bridgehead atoms. The van der Waals surface area contributed by atoms with E-state index in [2.05, 4.69) is 10.1 Å². The minimum absolute atomic E-state index is 0.163. The zero-order valence-corrected chi connectivity index (χ0v) is 18.5. The highest BCUT2D eigenvalue weighted by atomic mass is 35.5. The second-order valence-corrected chi connectivity index (χ2v) is 7.90. The molecule has 0 aliphatic heterocycles. The van der Waals surface area contributed by atoms with E-state index in [1.54, 1.807) is 47.1 Å². The third-order valence-corrected chi connectivity index (χ3v) is 5.14. The van der Waals surface area contributed by atoms with E-state index >= 15 is 0 Å². The fourth-order valence-electron chi connectivity index (χ4n) is 2.99. The van der Waals surface area contributed by atoms with Crippen LogP contribution in [0.5, 0.6) is 0 Å². The lowest BCUT2D eigenvalue weighted by Gasteiger charge is -2.06. The van der Waals surface area contributed by atoms with Crippen LogP contribution in [0, 0.1) is 6.92 Å². The van der Waals surface area contributed by atoms with Crippen molar-refractivity contribution in [1.82, 2.24) is 14.8 Å². The van der Waals surface area contributed by atoms with Crippen LogP contribution in [0.1, 0.15) is 26.5 Å². The molecule has 8 heteroatoms. The lowest BCUT2D eigenvalue weighted by atomic mass is 10.1. The molecular weight excluding hydrogens is 449 g/mol. The van der Waals surface area contributed by atoms with Crippen LogP contribution < -0.4 is 0 Å². The number of carbonyl (C=O) groups excluding carboxylic acids is 2. The van der Waals surface area contributed by atoms with Crippen LogP contribution in [0.25, 0.3) is 17.1 Å². The van der Waals surface area contributed by atoms with Crippen LogP contribution in [-0.4, -0.2) is 33.1 Å². The van der Waals surface area contributed by atoms with Crippen LogP contribution in [0.2, 0.25) is 10.0 Å². The van der Waals surface area contributed by atoms with Gasteiger partial charge in [-0.15, -0.1) is 5.10 Å². The molecule has 160 valence electrons. The lowest BCUT2D eigenvalue weighted by Crippen LogP contribution is -2.15. The van der Waals surface area contributed by atoms with E-state index in [-0.39, 0.29) is 11.6 Å². The summed E-state index contributed by atoms with van der Waals surface area (Å²) in [4.78, 5) is 29.3. The fourth-order valence-corrected chi connectivity index (χ4v) is 3.31. The van der Waals surface area contributed by atoms with Gasteiger partial charge in [0.25, 0.3) is 5.82 Å². The first-order valence-electron chi connectivity index (χ1n) is 9.66. The zero-order chi connectivity index (χ0) is 22.7. The van der Waals surface area contributed by atoms with Gasteiger partial charge in [0.15, 0.2) is 18.2 Å².